The van der Waals surface area contributed by atoms with Gasteiger partial charge in [-0.1, -0.05) is 6.92 Å². The van der Waals surface area contributed by atoms with E-state index in [1.54, 1.807) is 24.0 Å². The molecule has 0 saturated carbocycles. The molecule has 0 amide bonds. The zero-order valence-corrected chi connectivity index (χ0v) is 9.89. The van der Waals surface area contributed by atoms with Gasteiger partial charge in [-0.2, -0.15) is 0 Å². The fourth-order valence-electron chi connectivity index (χ4n) is 1.50. The number of carboxylic acid groups (broad SMARTS) is 1. The van der Waals surface area contributed by atoms with Gasteiger partial charge in [0.15, 0.2) is 5.82 Å². The smallest absolute Gasteiger partial charge is 0.306 e. The Bertz CT molecular complexity index is 525. The molecule has 7 heteroatoms. The van der Waals surface area contributed by atoms with E-state index >= 15 is 0 Å². The van der Waals surface area contributed by atoms with Crippen molar-refractivity contribution in [3.8, 4) is 11.4 Å². The number of nitrogens with zero attached hydrogens (tertiary/aromatic N) is 5. The summed E-state index contributed by atoms with van der Waals surface area (Å²) in [6, 6.07) is 3.62. The third-order valence-corrected chi connectivity index (χ3v) is 2.67. The molecule has 1 atom stereocenters. The van der Waals surface area contributed by atoms with Gasteiger partial charge in [-0.15, -0.1) is 5.10 Å². The fraction of sp³-hybridized carbons (Fsp3) is 0.364. The first-order valence-corrected chi connectivity index (χ1v) is 5.58. The monoisotopic (exact) mass is 247 g/mol. The lowest BCUT2D eigenvalue weighted by atomic mass is 10.1. The van der Waals surface area contributed by atoms with E-state index in [0.717, 1.165) is 5.56 Å². The highest BCUT2D eigenvalue weighted by atomic mass is 16.4. The Hall–Kier alpha value is -2.31. The topological polar surface area (TPSA) is 93.8 Å². The number of aryl methyl sites for hydroxylation is 1. The molecule has 2 rings (SSSR count). The highest BCUT2D eigenvalue weighted by molar-refractivity contribution is 5.69. The lowest BCUT2D eigenvalue weighted by Gasteiger charge is -2.07. The van der Waals surface area contributed by atoms with Gasteiger partial charge >= 0.3 is 5.97 Å². The summed E-state index contributed by atoms with van der Waals surface area (Å²) in [5, 5.41) is 20.2. The van der Waals surface area contributed by atoms with Crippen molar-refractivity contribution in [1.29, 1.82) is 0 Å². The number of aromatic nitrogens is 5. The van der Waals surface area contributed by atoms with Crippen LogP contribution in [0.5, 0.6) is 0 Å². The Kier molecular flexibility index (Phi) is 3.61. The molecule has 0 saturated heterocycles. The molecule has 0 bridgehead atoms. The quantitative estimate of drug-likeness (QED) is 0.841. The zero-order valence-electron chi connectivity index (χ0n) is 9.89. The maximum Gasteiger partial charge on any atom is 0.306 e. The number of pyridine rings is 1. The lowest BCUT2D eigenvalue weighted by molar-refractivity contribution is -0.141. The summed E-state index contributed by atoms with van der Waals surface area (Å²) in [6.45, 7) is 2.14. The van der Waals surface area contributed by atoms with Gasteiger partial charge in [0.2, 0.25) is 0 Å². The van der Waals surface area contributed by atoms with Gasteiger partial charge in [-0.05, 0) is 29.0 Å². The number of tetrazole rings is 1. The molecular formula is C11H13N5O2. The molecule has 7 nitrogen and oxygen atoms in total. The second-order valence-corrected chi connectivity index (χ2v) is 3.99. The van der Waals surface area contributed by atoms with Gasteiger partial charge in [0.1, 0.15) is 0 Å². The van der Waals surface area contributed by atoms with E-state index in [1.165, 1.54) is 0 Å². The molecule has 0 fully saturated rings. The van der Waals surface area contributed by atoms with Crippen LogP contribution in [0.25, 0.3) is 11.4 Å². The third-order valence-electron chi connectivity index (χ3n) is 2.67. The average Bonchev–Trinajstić information content (AvgIpc) is 2.85. The predicted molar refractivity (Wildman–Crippen MR) is 62.5 cm³/mol. The van der Waals surface area contributed by atoms with Gasteiger partial charge in [0.05, 0.1) is 5.92 Å². The summed E-state index contributed by atoms with van der Waals surface area (Å²) in [4.78, 5) is 14.7. The second-order valence-electron chi connectivity index (χ2n) is 3.99. The van der Waals surface area contributed by atoms with E-state index in [2.05, 4.69) is 20.5 Å². The van der Waals surface area contributed by atoms with Crippen LogP contribution in [0.1, 0.15) is 13.3 Å². The highest BCUT2D eigenvalue weighted by Gasteiger charge is 2.13. The zero-order chi connectivity index (χ0) is 13.0. The van der Waals surface area contributed by atoms with Gasteiger partial charge < -0.3 is 5.11 Å². The number of carboxylic acids is 1. The average molecular weight is 247 g/mol. The van der Waals surface area contributed by atoms with E-state index in [4.69, 9.17) is 5.11 Å². The van der Waals surface area contributed by atoms with Crippen LogP contribution in [0.4, 0.5) is 0 Å². The van der Waals surface area contributed by atoms with Crippen LogP contribution in [-0.4, -0.2) is 36.3 Å². The molecule has 1 N–H and O–H groups in total. The largest absolute Gasteiger partial charge is 0.481 e. The van der Waals surface area contributed by atoms with Crippen molar-refractivity contribution >= 4 is 5.97 Å². The van der Waals surface area contributed by atoms with Crippen molar-refractivity contribution in [3.05, 3.63) is 24.5 Å². The van der Waals surface area contributed by atoms with Crippen molar-refractivity contribution in [2.24, 2.45) is 5.92 Å². The van der Waals surface area contributed by atoms with Crippen molar-refractivity contribution in [3.63, 3.8) is 0 Å². The molecule has 2 heterocycles. The number of carbonyl (C=O) groups is 1. The number of aliphatic carboxylic acids is 1. The Morgan fingerprint density at radius 1 is 1.44 bits per heavy atom. The second kappa shape index (κ2) is 5.35. The maximum absolute atomic E-state index is 10.7. The first-order valence-electron chi connectivity index (χ1n) is 5.58. The molecule has 1 unspecified atom stereocenters. The SMILES string of the molecule is CC(CCn1nnnc1-c1ccncc1)C(=O)O. The summed E-state index contributed by atoms with van der Waals surface area (Å²) in [5.41, 5.74) is 0.859. The van der Waals surface area contributed by atoms with Crippen molar-refractivity contribution in [1.82, 2.24) is 25.2 Å². The van der Waals surface area contributed by atoms with Crippen LogP contribution in [0.2, 0.25) is 0 Å². The van der Waals surface area contributed by atoms with Crippen LogP contribution >= 0.6 is 0 Å². The first-order chi connectivity index (χ1) is 8.68. The molecule has 18 heavy (non-hydrogen) atoms. The van der Waals surface area contributed by atoms with E-state index in [-0.39, 0.29) is 0 Å². The lowest BCUT2D eigenvalue weighted by Crippen LogP contribution is -2.13. The van der Waals surface area contributed by atoms with Gasteiger partial charge in [0.25, 0.3) is 0 Å². The van der Waals surface area contributed by atoms with Gasteiger partial charge in [-0.25, -0.2) is 4.68 Å². The minimum atomic E-state index is -0.812. The summed E-state index contributed by atoms with van der Waals surface area (Å²) < 4.78 is 1.61. The molecule has 94 valence electrons. The molecule has 0 aromatic carbocycles. The predicted octanol–water partition coefficient (Wildman–Crippen LogP) is 0.846. The summed E-state index contributed by atoms with van der Waals surface area (Å²) in [5.74, 6) is -0.608. The Labute approximate surface area is 103 Å². The number of rotatable bonds is 5. The van der Waals surface area contributed by atoms with Crippen molar-refractivity contribution in [2.75, 3.05) is 0 Å². The normalized spacial score (nSPS) is 12.3. The summed E-state index contributed by atoms with van der Waals surface area (Å²) in [6.07, 6.45) is 3.81. The highest BCUT2D eigenvalue weighted by Crippen LogP contribution is 2.15. The Balaban J connectivity index is 2.12. The Morgan fingerprint density at radius 3 is 2.83 bits per heavy atom. The Morgan fingerprint density at radius 2 is 2.17 bits per heavy atom. The summed E-state index contributed by atoms with van der Waals surface area (Å²) in [7, 11) is 0. The number of hydrogen-bond donors (Lipinski definition) is 1. The van der Waals surface area contributed by atoms with Crippen molar-refractivity contribution in [2.45, 2.75) is 19.9 Å². The number of hydrogen-bond acceptors (Lipinski definition) is 5. The third kappa shape index (κ3) is 2.68. The summed E-state index contributed by atoms with van der Waals surface area (Å²) >= 11 is 0. The van der Waals surface area contributed by atoms with E-state index in [1.807, 2.05) is 12.1 Å². The van der Waals surface area contributed by atoms with Gasteiger partial charge in [0, 0.05) is 24.5 Å². The fourth-order valence-corrected chi connectivity index (χ4v) is 1.50. The van der Waals surface area contributed by atoms with Crippen LogP contribution in [0.3, 0.4) is 0 Å². The molecule has 0 spiro atoms. The molecule has 0 aliphatic carbocycles. The van der Waals surface area contributed by atoms with Crippen LogP contribution in [-0.2, 0) is 11.3 Å². The van der Waals surface area contributed by atoms with Crippen molar-refractivity contribution < 1.29 is 9.90 Å². The molecule has 2 aromatic rings. The van der Waals surface area contributed by atoms with E-state index in [9.17, 15) is 4.79 Å². The molecule has 2 aromatic heterocycles. The van der Waals surface area contributed by atoms with Crippen LogP contribution in [0.15, 0.2) is 24.5 Å². The minimum absolute atomic E-state index is 0.417. The minimum Gasteiger partial charge on any atom is -0.481 e. The molecule has 0 aliphatic heterocycles. The van der Waals surface area contributed by atoms with Gasteiger partial charge in [-0.3, -0.25) is 9.78 Å². The maximum atomic E-state index is 10.7. The van der Waals surface area contributed by atoms with E-state index in [0.29, 0.717) is 18.8 Å². The molecule has 0 aliphatic rings. The van der Waals surface area contributed by atoms with Crippen LogP contribution in [0, 0.1) is 5.92 Å². The molecular weight excluding hydrogens is 234 g/mol. The van der Waals surface area contributed by atoms with Crippen LogP contribution < -0.4 is 0 Å². The molecule has 0 radical (unpaired) electrons. The first kappa shape index (κ1) is 12.2. The standard InChI is InChI=1S/C11H13N5O2/c1-8(11(17)18)4-7-16-10(13-14-15-16)9-2-5-12-6-3-9/h2-3,5-6,8H,4,7H2,1H3,(H,17,18). The van der Waals surface area contributed by atoms with E-state index < -0.39 is 11.9 Å².